The van der Waals surface area contributed by atoms with E-state index in [9.17, 15) is 4.39 Å². The fraction of sp³-hybridized carbons (Fsp3) is 0.188. The Balaban J connectivity index is 1.99. The van der Waals surface area contributed by atoms with E-state index in [0.29, 0.717) is 0 Å². The van der Waals surface area contributed by atoms with E-state index in [4.69, 9.17) is 0 Å². The summed E-state index contributed by atoms with van der Waals surface area (Å²) in [5.74, 6) is -0.198. The second kappa shape index (κ2) is 6.31. The van der Waals surface area contributed by atoms with Crippen molar-refractivity contribution in [2.75, 3.05) is 7.05 Å². The quantitative estimate of drug-likeness (QED) is 0.849. The molecule has 2 rings (SSSR count). The van der Waals surface area contributed by atoms with Crippen LogP contribution in [0.2, 0.25) is 0 Å². The van der Waals surface area contributed by atoms with Crippen molar-refractivity contribution in [2.45, 2.75) is 12.5 Å². The lowest BCUT2D eigenvalue weighted by atomic mass is 9.99. The van der Waals surface area contributed by atoms with Crippen LogP contribution in [0, 0.1) is 12.2 Å². The van der Waals surface area contributed by atoms with Crippen molar-refractivity contribution in [1.29, 1.82) is 0 Å². The molecule has 0 saturated heterocycles. The first-order valence-electron chi connectivity index (χ1n) is 6.09. The highest BCUT2D eigenvalue weighted by molar-refractivity contribution is 5.27. The summed E-state index contributed by atoms with van der Waals surface area (Å²) >= 11 is 0. The van der Waals surface area contributed by atoms with Crippen LogP contribution in [-0.4, -0.2) is 13.1 Å². The third kappa shape index (κ3) is 3.67. The number of likely N-dealkylation sites (N-methyl/N-ethyl adjacent to an activating group) is 1. The van der Waals surface area contributed by atoms with E-state index in [1.165, 1.54) is 17.7 Å². The fourth-order valence-corrected chi connectivity index (χ4v) is 1.92. The van der Waals surface area contributed by atoms with Crippen molar-refractivity contribution in [2.24, 2.45) is 0 Å². The Morgan fingerprint density at radius 3 is 2.33 bits per heavy atom. The third-order valence-electron chi connectivity index (χ3n) is 2.93. The van der Waals surface area contributed by atoms with Crippen LogP contribution in [0.15, 0.2) is 54.6 Å². The number of nitrogens with one attached hydrogen (secondary N) is 1. The minimum Gasteiger partial charge on any atom is -0.316 e. The molecule has 0 spiro atoms. The molecule has 1 nitrogen and oxygen atoms in total. The van der Waals surface area contributed by atoms with Gasteiger partial charge in [0, 0.05) is 12.5 Å². The standard InChI is InChI=1S/C16H17FN/c1-18-16(11-13-5-3-2-4-6-13)12-14-7-9-15(17)10-8-14/h2-10,12,16,18H,11H2,1H3. The van der Waals surface area contributed by atoms with Crippen LogP contribution >= 0.6 is 0 Å². The molecule has 0 aliphatic heterocycles. The van der Waals surface area contributed by atoms with Gasteiger partial charge in [-0.1, -0.05) is 42.5 Å². The van der Waals surface area contributed by atoms with Gasteiger partial charge in [0.2, 0.25) is 0 Å². The van der Waals surface area contributed by atoms with Crippen LogP contribution in [0.5, 0.6) is 0 Å². The Morgan fingerprint density at radius 2 is 1.72 bits per heavy atom. The average Bonchev–Trinajstić information content (AvgIpc) is 2.41. The zero-order valence-corrected chi connectivity index (χ0v) is 10.4. The molecule has 0 bridgehead atoms. The molecule has 0 aliphatic carbocycles. The first kappa shape index (κ1) is 12.8. The highest BCUT2D eigenvalue weighted by atomic mass is 19.1. The molecule has 1 radical (unpaired) electrons. The summed E-state index contributed by atoms with van der Waals surface area (Å²) < 4.78 is 12.8. The maximum absolute atomic E-state index is 12.8. The summed E-state index contributed by atoms with van der Waals surface area (Å²) in [7, 11) is 1.94. The lowest BCUT2D eigenvalue weighted by Crippen LogP contribution is -2.28. The monoisotopic (exact) mass is 242 g/mol. The summed E-state index contributed by atoms with van der Waals surface area (Å²) in [6.07, 6.45) is 3.04. The molecule has 0 amide bonds. The lowest BCUT2D eigenvalue weighted by Gasteiger charge is -2.16. The predicted octanol–water partition coefficient (Wildman–Crippen LogP) is 3.21. The Labute approximate surface area is 108 Å². The largest absolute Gasteiger partial charge is 0.316 e. The van der Waals surface area contributed by atoms with Gasteiger partial charge in [0.1, 0.15) is 5.82 Å². The summed E-state index contributed by atoms with van der Waals surface area (Å²) in [6.45, 7) is 0. The van der Waals surface area contributed by atoms with Crippen molar-refractivity contribution in [1.82, 2.24) is 5.32 Å². The highest BCUT2D eigenvalue weighted by Gasteiger charge is 2.08. The molecule has 1 atom stereocenters. The van der Waals surface area contributed by atoms with Crippen molar-refractivity contribution in [3.63, 3.8) is 0 Å². The van der Waals surface area contributed by atoms with Crippen LogP contribution in [0.1, 0.15) is 11.1 Å². The predicted molar refractivity (Wildman–Crippen MR) is 72.8 cm³/mol. The van der Waals surface area contributed by atoms with E-state index in [1.807, 2.05) is 25.2 Å². The smallest absolute Gasteiger partial charge is 0.123 e. The molecule has 0 fully saturated rings. The summed E-state index contributed by atoms with van der Waals surface area (Å²) in [6, 6.07) is 17.1. The minimum atomic E-state index is -0.198. The number of halogens is 1. The Hall–Kier alpha value is -1.67. The van der Waals surface area contributed by atoms with Crippen LogP contribution in [-0.2, 0) is 6.42 Å². The summed E-state index contributed by atoms with van der Waals surface area (Å²) in [4.78, 5) is 0. The molecule has 18 heavy (non-hydrogen) atoms. The number of hydrogen-bond acceptors (Lipinski definition) is 1. The average molecular weight is 242 g/mol. The molecule has 1 N–H and O–H groups in total. The Morgan fingerprint density at radius 1 is 1.06 bits per heavy atom. The number of benzene rings is 2. The third-order valence-corrected chi connectivity index (χ3v) is 2.93. The van der Waals surface area contributed by atoms with Gasteiger partial charge in [-0.15, -0.1) is 0 Å². The van der Waals surface area contributed by atoms with E-state index in [1.54, 1.807) is 12.1 Å². The molecular formula is C16H17FN. The maximum Gasteiger partial charge on any atom is 0.123 e. The van der Waals surface area contributed by atoms with E-state index in [0.717, 1.165) is 12.0 Å². The molecule has 2 aromatic carbocycles. The van der Waals surface area contributed by atoms with Crippen LogP contribution < -0.4 is 5.32 Å². The second-order valence-corrected chi connectivity index (χ2v) is 4.30. The molecule has 0 aliphatic rings. The first-order chi connectivity index (χ1) is 8.78. The van der Waals surface area contributed by atoms with Gasteiger partial charge in [0.05, 0.1) is 0 Å². The van der Waals surface area contributed by atoms with E-state index in [-0.39, 0.29) is 11.9 Å². The molecule has 2 heteroatoms. The van der Waals surface area contributed by atoms with E-state index >= 15 is 0 Å². The Bertz CT molecular complexity index is 464. The van der Waals surface area contributed by atoms with Crippen LogP contribution in [0.25, 0.3) is 0 Å². The molecule has 0 aromatic heterocycles. The first-order valence-corrected chi connectivity index (χ1v) is 6.09. The SMILES string of the molecule is CNC([CH]c1ccc(F)cc1)Cc1ccccc1. The molecule has 0 heterocycles. The molecular weight excluding hydrogens is 225 g/mol. The zero-order valence-electron chi connectivity index (χ0n) is 10.4. The fourth-order valence-electron chi connectivity index (χ4n) is 1.92. The van der Waals surface area contributed by atoms with Gasteiger partial charge in [-0.2, -0.15) is 0 Å². The Kier molecular flexibility index (Phi) is 4.48. The van der Waals surface area contributed by atoms with Crippen LogP contribution in [0.4, 0.5) is 4.39 Å². The van der Waals surface area contributed by atoms with Gasteiger partial charge in [-0.25, -0.2) is 4.39 Å². The van der Waals surface area contributed by atoms with E-state index in [2.05, 4.69) is 23.9 Å². The van der Waals surface area contributed by atoms with Crippen LogP contribution in [0.3, 0.4) is 0 Å². The van der Waals surface area contributed by atoms with Gasteiger partial charge in [0.15, 0.2) is 0 Å². The lowest BCUT2D eigenvalue weighted by molar-refractivity contribution is 0.622. The molecule has 2 aromatic rings. The van der Waals surface area contributed by atoms with Gasteiger partial charge in [0.25, 0.3) is 0 Å². The minimum absolute atomic E-state index is 0.198. The van der Waals surface area contributed by atoms with Gasteiger partial charge in [-0.05, 0) is 36.7 Å². The van der Waals surface area contributed by atoms with Crippen molar-refractivity contribution < 1.29 is 4.39 Å². The summed E-state index contributed by atoms with van der Waals surface area (Å²) in [5, 5.41) is 3.26. The van der Waals surface area contributed by atoms with E-state index < -0.39 is 0 Å². The normalized spacial score (nSPS) is 12.3. The topological polar surface area (TPSA) is 12.0 Å². The number of hydrogen-bond donors (Lipinski definition) is 1. The second-order valence-electron chi connectivity index (χ2n) is 4.30. The van der Waals surface area contributed by atoms with Crippen molar-refractivity contribution in [3.05, 3.63) is 78.0 Å². The van der Waals surface area contributed by atoms with Gasteiger partial charge in [-0.3, -0.25) is 0 Å². The van der Waals surface area contributed by atoms with Gasteiger partial charge >= 0.3 is 0 Å². The van der Waals surface area contributed by atoms with Crippen molar-refractivity contribution >= 4 is 0 Å². The van der Waals surface area contributed by atoms with Crippen molar-refractivity contribution in [3.8, 4) is 0 Å². The molecule has 93 valence electrons. The maximum atomic E-state index is 12.8. The van der Waals surface area contributed by atoms with Gasteiger partial charge < -0.3 is 5.32 Å². The molecule has 0 saturated carbocycles. The molecule has 1 unspecified atom stereocenters. The zero-order chi connectivity index (χ0) is 12.8. The number of rotatable bonds is 5. The highest BCUT2D eigenvalue weighted by Crippen LogP contribution is 2.11. The summed E-state index contributed by atoms with van der Waals surface area (Å²) in [5.41, 5.74) is 2.32.